The van der Waals surface area contributed by atoms with Gasteiger partial charge in [0.1, 0.15) is 0 Å². The molecular formula is C12H8I. The van der Waals surface area contributed by atoms with Crippen LogP contribution in [-0.4, -0.2) is 0 Å². The van der Waals surface area contributed by atoms with Crippen LogP contribution in [0.15, 0.2) is 48.5 Å². The van der Waals surface area contributed by atoms with Crippen LogP contribution in [-0.2, 0) is 0 Å². The second kappa shape index (κ2) is 3.92. The lowest BCUT2D eigenvalue weighted by Crippen LogP contribution is -1.77. The molecule has 0 saturated heterocycles. The van der Waals surface area contributed by atoms with Gasteiger partial charge in [0.25, 0.3) is 0 Å². The fourth-order valence-corrected chi connectivity index (χ4v) is 1.76. The van der Waals surface area contributed by atoms with E-state index in [9.17, 15) is 0 Å². The van der Waals surface area contributed by atoms with Crippen LogP contribution in [0.1, 0.15) is 0 Å². The number of hydrogen-bond acceptors (Lipinski definition) is 0. The van der Waals surface area contributed by atoms with E-state index in [-0.39, 0.29) is 0 Å². The minimum Gasteiger partial charge on any atom is -0.0622 e. The molecule has 2 aromatic rings. The van der Waals surface area contributed by atoms with E-state index in [1.807, 2.05) is 12.1 Å². The zero-order valence-electron chi connectivity index (χ0n) is 7.00. The van der Waals surface area contributed by atoms with Crippen LogP contribution >= 0.6 is 22.6 Å². The number of halogens is 1. The molecule has 2 aromatic carbocycles. The predicted molar refractivity (Wildman–Crippen MR) is 63.4 cm³/mol. The molecule has 0 aliphatic carbocycles. The van der Waals surface area contributed by atoms with Gasteiger partial charge >= 0.3 is 0 Å². The highest BCUT2D eigenvalue weighted by atomic mass is 127. The van der Waals surface area contributed by atoms with E-state index in [1.165, 1.54) is 11.1 Å². The summed E-state index contributed by atoms with van der Waals surface area (Å²) >= 11 is 2.28. The monoisotopic (exact) mass is 279 g/mol. The zero-order chi connectivity index (χ0) is 9.10. The molecule has 0 saturated carbocycles. The standard InChI is InChI=1S/C12H8I/c13-12-8-4-7-11(9-12)10-5-2-1-3-6-10/h1-7,9H. The van der Waals surface area contributed by atoms with Gasteiger partial charge in [0.05, 0.1) is 0 Å². The van der Waals surface area contributed by atoms with Gasteiger partial charge in [0.15, 0.2) is 0 Å². The van der Waals surface area contributed by atoms with Crippen LogP contribution in [0, 0.1) is 9.64 Å². The Labute approximate surface area is 91.8 Å². The molecule has 0 bridgehead atoms. The summed E-state index contributed by atoms with van der Waals surface area (Å²) in [6.07, 6.45) is 0. The first kappa shape index (κ1) is 8.75. The summed E-state index contributed by atoms with van der Waals surface area (Å²) in [4.78, 5) is 0. The molecule has 1 heteroatoms. The van der Waals surface area contributed by atoms with Gasteiger partial charge in [-0.05, 0) is 45.9 Å². The first-order valence-electron chi connectivity index (χ1n) is 4.09. The molecule has 0 amide bonds. The van der Waals surface area contributed by atoms with Crippen molar-refractivity contribution in [1.82, 2.24) is 0 Å². The van der Waals surface area contributed by atoms with E-state index in [2.05, 4.69) is 65.1 Å². The second-order valence-corrected chi connectivity index (χ2v) is 3.95. The Bertz CT molecular complexity index is 393. The molecule has 0 heterocycles. The maximum Gasteiger partial charge on any atom is 0.0215 e. The van der Waals surface area contributed by atoms with Gasteiger partial charge in [0, 0.05) is 3.57 Å². The van der Waals surface area contributed by atoms with Crippen LogP contribution in [0.2, 0.25) is 0 Å². The van der Waals surface area contributed by atoms with Gasteiger partial charge < -0.3 is 0 Å². The van der Waals surface area contributed by atoms with Gasteiger partial charge in [-0.3, -0.25) is 0 Å². The van der Waals surface area contributed by atoms with Crippen molar-refractivity contribution >= 4 is 22.6 Å². The summed E-state index contributed by atoms with van der Waals surface area (Å²) in [5.74, 6) is 0. The maximum atomic E-state index is 3.13. The van der Waals surface area contributed by atoms with Crippen molar-refractivity contribution < 1.29 is 0 Å². The minimum absolute atomic E-state index is 1.15. The molecular weight excluding hydrogens is 271 g/mol. The third-order valence-electron chi connectivity index (χ3n) is 1.87. The highest BCUT2D eigenvalue weighted by Gasteiger charge is 1.95. The van der Waals surface area contributed by atoms with E-state index in [1.54, 1.807) is 0 Å². The van der Waals surface area contributed by atoms with Crippen molar-refractivity contribution in [2.45, 2.75) is 0 Å². The summed E-state index contributed by atoms with van der Waals surface area (Å²) < 4.78 is 1.15. The van der Waals surface area contributed by atoms with Gasteiger partial charge in [-0.15, -0.1) is 0 Å². The smallest absolute Gasteiger partial charge is 0.0215 e. The second-order valence-electron chi connectivity index (χ2n) is 2.79. The number of rotatable bonds is 1. The summed E-state index contributed by atoms with van der Waals surface area (Å²) in [5, 5.41) is 0. The first-order chi connectivity index (χ1) is 6.36. The summed E-state index contributed by atoms with van der Waals surface area (Å²) in [7, 11) is 0. The zero-order valence-corrected chi connectivity index (χ0v) is 9.15. The van der Waals surface area contributed by atoms with Crippen LogP contribution in [0.5, 0.6) is 0 Å². The molecule has 0 aliphatic rings. The molecule has 0 N–H and O–H groups in total. The van der Waals surface area contributed by atoms with Gasteiger partial charge in [-0.25, -0.2) is 0 Å². The number of benzene rings is 2. The van der Waals surface area contributed by atoms with Crippen molar-refractivity contribution in [3.63, 3.8) is 0 Å². The van der Waals surface area contributed by atoms with Crippen molar-refractivity contribution in [3.8, 4) is 11.1 Å². The topological polar surface area (TPSA) is 0 Å². The highest BCUT2D eigenvalue weighted by molar-refractivity contribution is 14.1. The molecule has 0 nitrogen and oxygen atoms in total. The summed E-state index contributed by atoms with van der Waals surface area (Å²) in [6, 6.07) is 19.7. The first-order valence-corrected chi connectivity index (χ1v) is 5.17. The van der Waals surface area contributed by atoms with Gasteiger partial charge in [0.2, 0.25) is 0 Å². The third-order valence-corrected chi connectivity index (χ3v) is 2.50. The van der Waals surface area contributed by atoms with E-state index >= 15 is 0 Å². The Hall–Kier alpha value is -0.830. The van der Waals surface area contributed by atoms with Gasteiger partial charge in [-0.2, -0.15) is 0 Å². The van der Waals surface area contributed by atoms with Crippen LogP contribution < -0.4 is 0 Å². The van der Waals surface area contributed by atoms with Crippen LogP contribution in [0.3, 0.4) is 0 Å². The summed E-state index contributed by atoms with van der Waals surface area (Å²) in [5.41, 5.74) is 2.51. The molecule has 2 rings (SSSR count). The van der Waals surface area contributed by atoms with Crippen LogP contribution in [0.4, 0.5) is 0 Å². The summed E-state index contributed by atoms with van der Waals surface area (Å²) in [6.45, 7) is 0. The average Bonchev–Trinajstić information content (AvgIpc) is 2.19. The molecule has 0 spiro atoms. The van der Waals surface area contributed by atoms with Crippen molar-refractivity contribution in [1.29, 1.82) is 0 Å². The quantitative estimate of drug-likeness (QED) is 0.697. The van der Waals surface area contributed by atoms with E-state index < -0.39 is 0 Å². The lowest BCUT2D eigenvalue weighted by molar-refractivity contribution is 1.58. The lowest BCUT2D eigenvalue weighted by Gasteiger charge is -2.00. The number of hydrogen-bond donors (Lipinski definition) is 0. The van der Waals surface area contributed by atoms with Crippen molar-refractivity contribution in [3.05, 3.63) is 58.2 Å². The van der Waals surface area contributed by atoms with Gasteiger partial charge in [-0.1, -0.05) is 42.5 Å². The fraction of sp³-hybridized carbons (Fsp3) is 0. The Kier molecular flexibility index (Phi) is 2.64. The average molecular weight is 279 g/mol. The lowest BCUT2D eigenvalue weighted by atomic mass is 10.1. The fourth-order valence-electron chi connectivity index (χ4n) is 1.25. The van der Waals surface area contributed by atoms with E-state index in [4.69, 9.17) is 0 Å². The molecule has 63 valence electrons. The minimum atomic E-state index is 1.15. The Morgan fingerprint density at radius 3 is 2.38 bits per heavy atom. The Morgan fingerprint density at radius 1 is 0.923 bits per heavy atom. The third kappa shape index (κ3) is 2.10. The normalized spacial score (nSPS) is 9.92. The maximum absolute atomic E-state index is 3.13. The molecule has 0 aromatic heterocycles. The van der Waals surface area contributed by atoms with E-state index in [0.29, 0.717) is 0 Å². The van der Waals surface area contributed by atoms with Crippen molar-refractivity contribution in [2.24, 2.45) is 0 Å². The SMILES string of the molecule is Ic1[c]ccc(-c2ccccc2)c1. The molecule has 13 heavy (non-hydrogen) atoms. The molecule has 0 unspecified atom stereocenters. The molecule has 0 atom stereocenters. The molecule has 1 radical (unpaired) electrons. The molecule has 0 aliphatic heterocycles. The Balaban J connectivity index is 2.48. The van der Waals surface area contributed by atoms with E-state index in [0.717, 1.165) is 3.57 Å². The largest absolute Gasteiger partial charge is 0.0622 e. The highest BCUT2D eigenvalue weighted by Crippen LogP contribution is 2.20. The van der Waals surface area contributed by atoms with Crippen molar-refractivity contribution in [2.75, 3.05) is 0 Å². The van der Waals surface area contributed by atoms with Crippen LogP contribution in [0.25, 0.3) is 11.1 Å². The molecule has 0 fully saturated rings. The predicted octanol–water partition coefficient (Wildman–Crippen LogP) is 3.76. The Morgan fingerprint density at radius 2 is 1.69 bits per heavy atom.